The quantitative estimate of drug-likeness (QED) is 0.230. The van der Waals surface area contributed by atoms with Crippen LogP contribution < -0.4 is 11.3 Å². The predicted octanol–water partition coefficient (Wildman–Crippen LogP) is 5.94. The van der Waals surface area contributed by atoms with Crippen LogP contribution >= 0.6 is 12.2 Å². The van der Waals surface area contributed by atoms with E-state index >= 15 is 0 Å². The third-order valence-electron chi connectivity index (χ3n) is 8.26. The lowest BCUT2D eigenvalue weighted by Gasteiger charge is -2.32. The Morgan fingerprint density at radius 1 is 1.05 bits per heavy atom. The smallest absolute Gasteiger partial charge is 0.366 e. The van der Waals surface area contributed by atoms with Crippen LogP contribution in [-0.2, 0) is 19.4 Å². The lowest BCUT2D eigenvalue weighted by Crippen LogP contribution is -2.37. The van der Waals surface area contributed by atoms with Gasteiger partial charge in [-0.25, -0.2) is 9.78 Å². The van der Waals surface area contributed by atoms with Gasteiger partial charge < -0.3 is 4.90 Å². The molecule has 2 aromatic heterocycles. The first-order valence-electron chi connectivity index (χ1n) is 15.0. The van der Waals surface area contributed by atoms with E-state index in [4.69, 9.17) is 21.7 Å². The van der Waals surface area contributed by atoms with E-state index in [2.05, 4.69) is 28.9 Å². The van der Waals surface area contributed by atoms with Gasteiger partial charge >= 0.3 is 5.76 Å². The van der Waals surface area contributed by atoms with Gasteiger partial charge in [-0.1, -0.05) is 86.2 Å². The molecular formula is C33H39N5O3S. The summed E-state index contributed by atoms with van der Waals surface area (Å²) in [5.74, 6) is 1.38. The van der Waals surface area contributed by atoms with Gasteiger partial charge in [-0.2, -0.15) is 0 Å². The molecule has 0 saturated carbocycles. The van der Waals surface area contributed by atoms with Gasteiger partial charge in [0.2, 0.25) is 0 Å². The summed E-state index contributed by atoms with van der Waals surface area (Å²) in [4.78, 5) is 36.3. The Bertz CT molecular complexity index is 1650. The molecule has 0 spiro atoms. The number of unbranched alkanes of at least 4 members (excludes halogenated alkanes) is 1. The molecule has 1 fully saturated rings. The van der Waals surface area contributed by atoms with Gasteiger partial charge in [0.1, 0.15) is 5.82 Å². The minimum absolute atomic E-state index is 0.0353. The molecule has 0 unspecified atom stereocenters. The van der Waals surface area contributed by atoms with Gasteiger partial charge in [0, 0.05) is 42.8 Å². The number of aromatic amines is 1. The van der Waals surface area contributed by atoms with Crippen LogP contribution in [0.4, 0.5) is 0 Å². The Morgan fingerprint density at radius 3 is 2.43 bits per heavy atom. The number of aromatic nitrogens is 4. The molecule has 9 heteroatoms. The summed E-state index contributed by atoms with van der Waals surface area (Å²) in [7, 11) is 0. The van der Waals surface area contributed by atoms with Gasteiger partial charge in [-0.3, -0.25) is 18.9 Å². The van der Waals surface area contributed by atoms with Crippen molar-refractivity contribution in [3.63, 3.8) is 0 Å². The number of piperidine rings is 1. The number of hydrogen-bond acceptors (Lipinski definition) is 6. The second-order valence-electron chi connectivity index (χ2n) is 11.3. The number of thiocarbonyl (C=S) groups is 1. The molecule has 4 aromatic rings. The molecule has 3 heterocycles. The second-order valence-corrected chi connectivity index (χ2v) is 11.8. The minimum Gasteiger partial charge on any atom is -0.366 e. The zero-order valence-electron chi connectivity index (χ0n) is 24.7. The third-order valence-corrected chi connectivity index (χ3v) is 8.72. The molecule has 0 radical (unpaired) electrons. The Hall–Kier alpha value is -3.85. The van der Waals surface area contributed by atoms with Crippen LogP contribution in [0.1, 0.15) is 68.6 Å². The normalized spacial score (nSPS) is 13.9. The molecule has 5 rings (SSSR count). The van der Waals surface area contributed by atoms with Crippen molar-refractivity contribution >= 4 is 17.2 Å². The number of aryl methyl sites for hydroxylation is 2. The monoisotopic (exact) mass is 585 g/mol. The first-order chi connectivity index (χ1) is 20.3. The van der Waals surface area contributed by atoms with Crippen molar-refractivity contribution < 1.29 is 4.52 Å². The molecule has 42 heavy (non-hydrogen) atoms. The summed E-state index contributed by atoms with van der Waals surface area (Å²) in [5, 5.41) is 3.86. The number of likely N-dealkylation sites (tertiary alicyclic amines) is 1. The molecule has 0 amide bonds. The SMILES string of the molecule is CCCCc1nc(C)c(CCC(=S)N2CCC(C)CC2)c(=O)n1Cc1ccc(-c2ccccc2-c2noc(=O)[nH]2)cc1. The Kier molecular flexibility index (Phi) is 9.47. The highest BCUT2D eigenvalue weighted by molar-refractivity contribution is 7.80. The number of nitrogens with zero attached hydrogens (tertiary/aromatic N) is 4. The van der Waals surface area contributed by atoms with Gasteiger partial charge in [0.15, 0.2) is 5.82 Å². The number of hydrogen-bond donors (Lipinski definition) is 1. The van der Waals surface area contributed by atoms with Crippen LogP contribution in [0.5, 0.6) is 0 Å². The fraction of sp³-hybridized carbons (Fsp3) is 0.424. The van der Waals surface area contributed by atoms with E-state index in [0.29, 0.717) is 25.2 Å². The van der Waals surface area contributed by atoms with Gasteiger partial charge in [-0.05, 0) is 55.2 Å². The zero-order chi connectivity index (χ0) is 29.6. The van der Waals surface area contributed by atoms with Crippen molar-refractivity contribution in [1.82, 2.24) is 24.6 Å². The molecule has 1 aliphatic heterocycles. The maximum absolute atomic E-state index is 13.9. The van der Waals surface area contributed by atoms with E-state index in [1.807, 2.05) is 60.0 Å². The van der Waals surface area contributed by atoms with Crippen molar-refractivity contribution in [2.75, 3.05) is 13.1 Å². The van der Waals surface area contributed by atoms with E-state index < -0.39 is 5.76 Å². The Labute approximate surface area is 251 Å². The number of H-pyrrole nitrogens is 1. The summed E-state index contributed by atoms with van der Waals surface area (Å²) in [6, 6.07) is 15.9. The largest absolute Gasteiger partial charge is 0.439 e. The molecule has 0 atom stereocenters. The molecule has 1 aliphatic rings. The van der Waals surface area contributed by atoms with E-state index in [0.717, 1.165) is 82.6 Å². The molecule has 220 valence electrons. The number of nitrogens with one attached hydrogen (secondary N) is 1. The van der Waals surface area contributed by atoms with Crippen LogP contribution in [0, 0.1) is 12.8 Å². The van der Waals surface area contributed by atoms with E-state index in [-0.39, 0.29) is 5.56 Å². The third kappa shape index (κ3) is 6.78. The predicted molar refractivity (Wildman–Crippen MR) is 170 cm³/mol. The average Bonchev–Trinajstić information content (AvgIpc) is 3.44. The van der Waals surface area contributed by atoms with Crippen molar-refractivity contribution in [1.29, 1.82) is 0 Å². The summed E-state index contributed by atoms with van der Waals surface area (Å²) in [6.07, 6.45) is 6.41. The van der Waals surface area contributed by atoms with Gasteiger partial charge in [0.05, 0.1) is 11.5 Å². The molecule has 8 nitrogen and oxygen atoms in total. The summed E-state index contributed by atoms with van der Waals surface area (Å²) < 4.78 is 6.57. The standard InChI is InChI=1S/C33H39N5O3S/c1-4-5-10-29-34-23(3)26(15-16-30(42)37-19-17-22(2)18-20-37)32(39)38(29)21-24-11-13-25(14-12-24)27-8-6-7-9-28(27)31-35-33(40)41-36-31/h6-9,11-14,22H,4-5,10,15-21H2,1-3H3,(H,35,36,40). The zero-order valence-corrected chi connectivity index (χ0v) is 25.5. The summed E-state index contributed by atoms with van der Waals surface area (Å²) in [5.41, 5.74) is 5.30. The first-order valence-corrected chi connectivity index (χ1v) is 15.4. The topological polar surface area (TPSA) is 97.0 Å². The van der Waals surface area contributed by atoms with Crippen LogP contribution in [0.25, 0.3) is 22.5 Å². The van der Waals surface area contributed by atoms with E-state index in [1.165, 1.54) is 12.8 Å². The highest BCUT2D eigenvalue weighted by Gasteiger charge is 2.20. The van der Waals surface area contributed by atoms with E-state index in [9.17, 15) is 9.59 Å². The highest BCUT2D eigenvalue weighted by Crippen LogP contribution is 2.30. The van der Waals surface area contributed by atoms with Crippen molar-refractivity contribution in [3.8, 4) is 22.5 Å². The molecule has 2 aromatic carbocycles. The second kappa shape index (κ2) is 13.4. The fourth-order valence-electron chi connectivity index (χ4n) is 5.64. The van der Waals surface area contributed by atoms with Crippen molar-refractivity contribution in [2.45, 2.75) is 72.3 Å². The average molecular weight is 586 g/mol. The molecule has 0 bridgehead atoms. The first kappa shape index (κ1) is 29.6. The molecule has 1 N–H and O–H groups in total. The van der Waals surface area contributed by atoms with E-state index in [1.54, 1.807) is 0 Å². The minimum atomic E-state index is -0.589. The summed E-state index contributed by atoms with van der Waals surface area (Å²) in [6.45, 7) is 8.87. The lowest BCUT2D eigenvalue weighted by atomic mass is 9.98. The maximum Gasteiger partial charge on any atom is 0.439 e. The van der Waals surface area contributed by atoms with Crippen LogP contribution in [0.2, 0.25) is 0 Å². The number of benzene rings is 2. The molecule has 1 saturated heterocycles. The summed E-state index contributed by atoms with van der Waals surface area (Å²) >= 11 is 5.78. The number of rotatable bonds is 10. The van der Waals surface area contributed by atoms with Gasteiger partial charge in [-0.15, -0.1) is 0 Å². The highest BCUT2D eigenvalue weighted by atomic mass is 32.1. The van der Waals surface area contributed by atoms with Gasteiger partial charge in [0.25, 0.3) is 5.56 Å². The van der Waals surface area contributed by atoms with Crippen LogP contribution in [0.3, 0.4) is 0 Å². The van der Waals surface area contributed by atoms with Crippen LogP contribution in [0.15, 0.2) is 62.6 Å². The molecule has 0 aliphatic carbocycles. The molecular weight excluding hydrogens is 546 g/mol. The maximum atomic E-state index is 13.9. The van der Waals surface area contributed by atoms with Crippen molar-refractivity contribution in [2.24, 2.45) is 5.92 Å². The van der Waals surface area contributed by atoms with Crippen LogP contribution in [-0.4, -0.2) is 42.7 Å². The fourth-order valence-corrected chi connectivity index (χ4v) is 5.93. The lowest BCUT2D eigenvalue weighted by molar-refractivity contribution is 0.280. The van der Waals surface area contributed by atoms with Crippen molar-refractivity contribution in [3.05, 3.63) is 92.1 Å². The Morgan fingerprint density at radius 2 is 1.76 bits per heavy atom. The Balaban J connectivity index is 1.38.